The van der Waals surface area contributed by atoms with Gasteiger partial charge < -0.3 is 19.3 Å². The summed E-state index contributed by atoms with van der Waals surface area (Å²) in [4.78, 5) is 23.7. The van der Waals surface area contributed by atoms with E-state index in [0.29, 0.717) is 35.6 Å². The van der Waals surface area contributed by atoms with Crippen LogP contribution in [-0.4, -0.2) is 41.5 Å². The number of hydrogen-bond acceptors (Lipinski definition) is 6. The van der Waals surface area contributed by atoms with Crippen molar-refractivity contribution in [1.29, 1.82) is 0 Å². The first kappa shape index (κ1) is 25.6. The first-order valence-electron chi connectivity index (χ1n) is 12.0. The minimum absolute atomic E-state index is 0.0754. The number of rotatable bonds is 6. The molecule has 2 aliphatic carbocycles. The minimum Gasteiger partial charge on any atom is -0.507 e. The average Bonchev–Trinajstić information content (AvgIpc) is 3.06. The summed E-state index contributed by atoms with van der Waals surface area (Å²) in [5.74, 6) is -1.94. The summed E-state index contributed by atoms with van der Waals surface area (Å²) in [6.45, 7) is 8.93. The van der Waals surface area contributed by atoms with Gasteiger partial charge in [-0.15, -0.1) is 0 Å². The number of fused-ring (bicyclic) bond motifs is 2. The van der Waals surface area contributed by atoms with Gasteiger partial charge in [0.1, 0.15) is 28.3 Å². The maximum Gasteiger partial charge on any atom is 0.490 e. The lowest BCUT2D eigenvalue weighted by atomic mass is 9.43. The Balaban J connectivity index is 1.61. The van der Waals surface area contributed by atoms with E-state index in [0.717, 1.165) is 12.8 Å². The quantitative estimate of drug-likeness (QED) is 0.498. The number of halogens is 3. The highest BCUT2D eigenvalue weighted by atomic mass is 19.4. The van der Waals surface area contributed by atoms with Gasteiger partial charge in [0.05, 0.1) is 7.11 Å². The number of aryl methyl sites for hydroxylation is 1. The molecule has 2 saturated carbocycles. The SMILES string of the molecule is COC(=O)c1c(C)cc2c(c1O)[C@@H]1[C@H]3[C@H](CC[C@@]3(C)O2)[C@@]1(C)CCCC(C)(C)OC(=O)C(F)(F)F. The van der Waals surface area contributed by atoms with Gasteiger partial charge in [-0.25, -0.2) is 9.59 Å². The number of carbonyl (C=O) groups excluding carboxylic acids is 2. The zero-order valence-electron chi connectivity index (χ0n) is 21.0. The molecule has 0 unspecified atom stereocenters. The fourth-order valence-corrected chi connectivity index (χ4v) is 7.07. The Kier molecular flexibility index (Phi) is 5.88. The number of hydrogen-bond donors (Lipinski definition) is 1. The predicted octanol–water partition coefficient (Wildman–Crippen LogP) is 5.82. The Morgan fingerprint density at radius 3 is 2.51 bits per heavy atom. The van der Waals surface area contributed by atoms with Crippen molar-refractivity contribution < 1.29 is 42.1 Å². The number of esters is 2. The number of carbonyl (C=O) groups is 2. The lowest BCUT2D eigenvalue weighted by Crippen LogP contribution is -2.60. The Labute approximate surface area is 203 Å². The summed E-state index contributed by atoms with van der Waals surface area (Å²) in [6, 6.07) is 1.79. The summed E-state index contributed by atoms with van der Waals surface area (Å²) in [7, 11) is 1.27. The number of alkyl halides is 3. The Morgan fingerprint density at radius 1 is 1.26 bits per heavy atom. The monoisotopic (exact) mass is 498 g/mol. The molecule has 3 aliphatic rings. The van der Waals surface area contributed by atoms with E-state index in [1.807, 2.05) is 0 Å². The van der Waals surface area contributed by atoms with Crippen LogP contribution in [0.2, 0.25) is 0 Å². The second-order valence-electron chi connectivity index (χ2n) is 11.4. The number of benzene rings is 1. The first-order valence-corrected chi connectivity index (χ1v) is 12.0. The summed E-state index contributed by atoms with van der Waals surface area (Å²) < 4.78 is 54.0. The molecule has 0 radical (unpaired) electrons. The molecule has 35 heavy (non-hydrogen) atoms. The van der Waals surface area contributed by atoms with E-state index < -0.39 is 23.7 Å². The lowest BCUT2D eigenvalue weighted by molar-refractivity contribution is -0.212. The van der Waals surface area contributed by atoms with Gasteiger partial charge in [0.25, 0.3) is 0 Å². The Morgan fingerprint density at radius 2 is 1.91 bits per heavy atom. The van der Waals surface area contributed by atoms with E-state index in [1.165, 1.54) is 21.0 Å². The van der Waals surface area contributed by atoms with Crippen LogP contribution in [0.4, 0.5) is 13.2 Å². The molecule has 0 spiro atoms. The summed E-state index contributed by atoms with van der Waals surface area (Å²) in [6.07, 6.45) is -1.75. The van der Waals surface area contributed by atoms with Crippen molar-refractivity contribution in [2.45, 2.75) is 90.0 Å². The van der Waals surface area contributed by atoms with Crippen LogP contribution in [0.1, 0.15) is 87.2 Å². The molecule has 2 fully saturated rings. The molecule has 0 bridgehead atoms. The highest BCUT2D eigenvalue weighted by molar-refractivity contribution is 5.95. The van der Waals surface area contributed by atoms with Gasteiger partial charge in [0.15, 0.2) is 0 Å². The molecule has 194 valence electrons. The van der Waals surface area contributed by atoms with Gasteiger partial charge in [-0.05, 0) is 82.8 Å². The van der Waals surface area contributed by atoms with Crippen LogP contribution in [-0.2, 0) is 14.3 Å². The molecule has 0 amide bonds. The third-order valence-corrected chi connectivity index (χ3v) is 8.64. The van der Waals surface area contributed by atoms with Crippen LogP contribution in [0.15, 0.2) is 6.07 Å². The maximum absolute atomic E-state index is 12.7. The third-order valence-electron chi connectivity index (χ3n) is 8.64. The standard InChI is InChI=1S/C26H33F3O6/c1-13-12-15-17(20(30)16(13)21(31)33-6)19-18-14(8-11-25(18,5)34-15)24(19,4)10-7-9-23(2,3)35-22(32)26(27,28)29/h12,14,18-19,30H,7-11H2,1-6H3/t14-,18+,19+,24+,25+/m0/s1. The molecular weight excluding hydrogens is 465 g/mol. The molecule has 0 saturated heterocycles. The molecule has 1 aliphatic heterocycles. The molecule has 5 atom stereocenters. The van der Waals surface area contributed by atoms with E-state index in [2.05, 4.69) is 13.8 Å². The molecule has 6 nitrogen and oxygen atoms in total. The lowest BCUT2D eigenvalue weighted by Gasteiger charge is -2.64. The van der Waals surface area contributed by atoms with E-state index >= 15 is 0 Å². The molecule has 1 aromatic carbocycles. The van der Waals surface area contributed by atoms with Gasteiger partial charge in [-0.3, -0.25) is 0 Å². The van der Waals surface area contributed by atoms with E-state index in [4.69, 9.17) is 14.2 Å². The maximum atomic E-state index is 12.7. The van der Waals surface area contributed by atoms with E-state index in [1.54, 1.807) is 13.0 Å². The smallest absolute Gasteiger partial charge is 0.490 e. The highest BCUT2D eigenvalue weighted by Crippen LogP contribution is 2.75. The van der Waals surface area contributed by atoms with E-state index in [-0.39, 0.29) is 40.6 Å². The molecule has 9 heteroatoms. The minimum atomic E-state index is -5.03. The summed E-state index contributed by atoms with van der Waals surface area (Å²) >= 11 is 0. The Hall–Kier alpha value is -2.45. The van der Waals surface area contributed by atoms with Crippen molar-refractivity contribution in [2.75, 3.05) is 7.11 Å². The van der Waals surface area contributed by atoms with Crippen molar-refractivity contribution in [3.05, 3.63) is 22.8 Å². The molecular formula is C26H33F3O6. The summed E-state index contributed by atoms with van der Waals surface area (Å²) in [5.41, 5.74) is -0.593. The van der Waals surface area contributed by atoms with Gasteiger partial charge in [0, 0.05) is 17.4 Å². The van der Waals surface area contributed by atoms with Gasteiger partial charge in [-0.1, -0.05) is 6.92 Å². The van der Waals surface area contributed by atoms with Crippen LogP contribution in [0.25, 0.3) is 0 Å². The Bertz CT molecular complexity index is 1060. The summed E-state index contributed by atoms with van der Waals surface area (Å²) in [5, 5.41) is 11.2. The van der Waals surface area contributed by atoms with Crippen LogP contribution < -0.4 is 4.74 Å². The normalized spacial score (nSPS) is 31.1. The van der Waals surface area contributed by atoms with Crippen LogP contribution in [0.5, 0.6) is 11.5 Å². The number of phenolic OH excluding ortho intramolecular Hbond substituents is 1. The third kappa shape index (κ3) is 3.95. The first-order chi connectivity index (χ1) is 16.1. The van der Waals surface area contributed by atoms with Crippen molar-refractivity contribution in [3.8, 4) is 11.5 Å². The zero-order valence-corrected chi connectivity index (χ0v) is 21.0. The predicted molar refractivity (Wildman–Crippen MR) is 120 cm³/mol. The number of ether oxygens (including phenoxy) is 3. The van der Waals surface area contributed by atoms with Crippen LogP contribution in [0, 0.1) is 24.2 Å². The van der Waals surface area contributed by atoms with Crippen molar-refractivity contribution in [1.82, 2.24) is 0 Å². The fraction of sp³-hybridized carbons (Fsp3) is 0.692. The fourth-order valence-electron chi connectivity index (χ4n) is 7.07. The molecule has 1 N–H and O–H groups in total. The largest absolute Gasteiger partial charge is 0.507 e. The van der Waals surface area contributed by atoms with Crippen molar-refractivity contribution in [2.24, 2.45) is 17.3 Å². The van der Waals surface area contributed by atoms with Crippen molar-refractivity contribution >= 4 is 11.9 Å². The van der Waals surface area contributed by atoms with Gasteiger partial charge >= 0.3 is 18.1 Å². The van der Waals surface area contributed by atoms with Crippen LogP contribution in [0.3, 0.4) is 0 Å². The molecule has 4 rings (SSSR count). The average molecular weight is 499 g/mol. The number of phenols is 1. The van der Waals surface area contributed by atoms with Gasteiger partial charge in [-0.2, -0.15) is 13.2 Å². The highest BCUT2D eigenvalue weighted by Gasteiger charge is 2.71. The topological polar surface area (TPSA) is 82.1 Å². The van der Waals surface area contributed by atoms with E-state index in [9.17, 15) is 27.9 Å². The number of methoxy groups -OCH3 is 1. The molecule has 1 heterocycles. The second-order valence-corrected chi connectivity index (χ2v) is 11.4. The molecule has 1 aromatic rings. The van der Waals surface area contributed by atoms with Gasteiger partial charge in [0.2, 0.25) is 0 Å². The number of aromatic hydroxyl groups is 1. The zero-order chi connectivity index (χ0) is 26.1. The van der Waals surface area contributed by atoms with Crippen LogP contribution >= 0.6 is 0 Å². The van der Waals surface area contributed by atoms with Crippen molar-refractivity contribution in [3.63, 3.8) is 0 Å². The molecule has 0 aromatic heterocycles. The second kappa shape index (κ2) is 8.03.